The van der Waals surface area contributed by atoms with E-state index in [1.165, 1.54) is 36.6 Å². The van der Waals surface area contributed by atoms with Crippen molar-refractivity contribution in [2.24, 2.45) is 0 Å². The van der Waals surface area contributed by atoms with Crippen LogP contribution in [0.1, 0.15) is 5.56 Å². The third-order valence-corrected chi connectivity index (χ3v) is 3.64. The molecule has 100 valence electrons. The topological polar surface area (TPSA) is 110 Å². The molecule has 0 unspecified atom stereocenters. The molecule has 1 aromatic carbocycles. The minimum atomic E-state index is -3.75. The molecule has 0 saturated carbocycles. The largest absolute Gasteiger partial charge is 0.481 e. The predicted octanol–water partition coefficient (Wildman–Crippen LogP) is 1.10. The van der Waals surface area contributed by atoms with E-state index in [4.69, 9.17) is 5.11 Å². The first-order valence-electron chi connectivity index (χ1n) is 5.21. The molecule has 0 fully saturated rings. The highest BCUT2D eigenvalue weighted by Gasteiger charge is 2.15. The van der Waals surface area contributed by atoms with E-state index >= 15 is 0 Å². The number of nitrogens with one attached hydrogen (secondary N) is 1. The van der Waals surface area contributed by atoms with Crippen molar-refractivity contribution in [1.82, 2.24) is 5.16 Å². The first-order valence-corrected chi connectivity index (χ1v) is 6.69. The van der Waals surface area contributed by atoms with Gasteiger partial charge in [-0.25, -0.2) is 8.42 Å². The van der Waals surface area contributed by atoms with Crippen LogP contribution >= 0.6 is 0 Å². The average molecular weight is 282 g/mol. The van der Waals surface area contributed by atoms with E-state index in [0.717, 1.165) is 0 Å². The van der Waals surface area contributed by atoms with E-state index in [0.29, 0.717) is 5.56 Å². The Bertz CT molecular complexity index is 662. The van der Waals surface area contributed by atoms with Gasteiger partial charge in [0.05, 0.1) is 11.3 Å². The SMILES string of the molecule is O=C(O)Cc1ccc(S(=O)(=O)Nc2ccon2)cc1. The molecule has 0 aliphatic carbocycles. The lowest BCUT2D eigenvalue weighted by atomic mass is 10.2. The fourth-order valence-electron chi connectivity index (χ4n) is 1.42. The monoisotopic (exact) mass is 282 g/mol. The molecule has 2 rings (SSSR count). The van der Waals surface area contributed by atoms with Crippen molar-refractivity contribution in [1.29, 1.82) is 0 Å². The highest BCUT2D eigenvalue weighted by molar-refractivity contribution is 7.92. The Hall–Kier alpha value is -2.35. The van der Waals surface area contributed by atoms with Crippen LogP contribution in [0.25, 0.3) is 0 Å². The molecule has 0 amide bonds. The summed E-state index contributed by atoms with van der Waals surface area (Å²) in [6, 6.07) is 6.94. The Morgan fingerprint density at radius 1 is 1.26 bits per heavy atom. The van der Waals surface area contributed by atoms with Crippen LogP contribution in [0.5, 0.6) is 0 Å². The van der Waals surface area contributed by atoms with Crippen LogP contribution in [0.2, 0.25) is 0 Å². The fourth-order valence-corrected chi connectivity index (χ4v) is 2.42. The number of carboxylic acids is 1. The Labute approximate surface area is 108 Å². The Morgan fingerprint density at radius 2 is 1.95 bits per heavy atom. The molecule has 1 heterocycles. The van der Waals surface area contributed by atoms with Gasteiger partial charge in [0.25, 0.3) is 10.0 Å². The second-order valence-electron chi connectivity index (χ2n) is 3.70. The molecule has 2 aromatic rings. The van der Waals surface area contributed by atoms with Crippen LogP contribution in [0, 0.1) is 0 Å². The Morgan fingerprint density at radius 3 is 2.47 bits per heavy atom. The minimum absolute atomic E-state index is 0.0182. The maximum Gasteiger partial charge on any atom is 0.307 e. The van der Waals surface area contributed by atoms with Crippen molar-refractivity contribution in [2.75, 3.05) is 4.72 Å². The summed E-state index contributed by atoms with van der Waals surface area (Å²) in [6.07, 6.45) is 1.09. The summed E-state index contributed by atoms with van der Waals surface area (Å²) in [4.78, 5) is 10.5. The van der Waals surface area contributed by atoms with Crippen LogP contribution < -0.4 is 4.72 Å². The zero-order chi connectivity index (χ0) is 13.9. The van der Waals surface area contributed by atoms with Gasteiger partial charge in [-0.3, -0.25) is 9.52 Å². The zero-order valence-electron chi connectivity index (χ0n) is 9.61. The van der Waals surface area contributed by atoms with E-state index in [1.54, 1.807) is 0 Å². The van der Waals surface area contributed by atoms with Crippen LogP contribution in [-0.2, 0) is 21.2 Å². The smallest absolute Gasteiger partial charge is 0.307 e. The van der Waals surface area contributed by atoms with Gasteiger partial charge in [0.15, 0.2) is 5.82 Å². The second-order valence-corrected chi connectivity index (χ2v) is 5.39. The number of hydrogen-bond donors (Lipinski definition) is 2. The fraction of sp³-hybridized carbons (Fsp3) is 0.0909. The number of nitrogens with zero attached hydrogens (tertiary/aromatic N) is 1. The number of carboxylic acid groups (broad SMARTS) is 1. The number of aromatic nitrogens is 1. The highest BCUT2D eigenvalue weighted by Crippen LogP contribution is 2.15. The molecule has 1 aromatic heterocycles. The number of anilines is 1. The normalized spacial score (nSPS) is 11.2. The van der Waals surface area contributed by atoms with Gasteiger partial charge in [0, 0.05) is 6.07 Å². The highest BCUT2D eigenvalue weighted by atomic mass is 32.2. The Balaban J connectivity index is 2.19. The average Bonchev–Trinajstić information content (AvgIpc) is 2.81. The van der Waals surface area contributed by atoms with Gasteiger partial charge in [0.1, 0.15) is 6.26 Å². The van der Waals surface area contributed by atoms with Crippen molar-refractivity contribution in [2.45, 2.75) is 11.3 Å². The zero-order valence-corrected chi connectivity index (χ0v) is 10.4. The van der Waals surface area contributed by atoms with Gasteiger partial charge in [-0.15, -0.1) is 0 Å². The summed E-state index contributed by atoms with van der Waals surface area (Å²) in [5.74, 6) is -0.897. The lowest BCUT2D eigenvalue weighted by molar-refractivity contribution is -0.136. The van der Waals surface area contributed by atoms with Crippen LogP contribution in [0.3, 0.4) is 0 Å². The van der Waals surface area contributed by atoms with Crippen LogP contribution in [0.15, 0.2) is 46.0 Å². The van der Waals surface area contributed by atoms with E-state index in [2.05, 4.69) is 14.4 Å². The summed E-state index contributed by atoms with van der Waals surface area (Å²) >= 11 is 0. The summed E-state index contributed by atoms with van der Waals surface area (Å²) < 4.78 is 30.6. The number of carbonyl (C=O) groups is 1. The quantitative estimate of drug-likeness (QED) is 0.849. The molecule has 8 heteroatoms. The first-order chi connectivity index (χ1) is 8.97. The van der Waals surface area contributed by atoms with E-state index in [1.807, 2.05) is 0 Å². The number of benzene rings is 1. The molecule has 0 radical (unpaired) electrons. The minimum Gasteiger partial charge on any atom is -0.481 e. The summed E-state index contributed by atoms with van der Waals surface area (Å²) in [5.41, 5.74) is 0.521. The maximum atomic E-state index is 11.9. The number of aliphatic carboxylic acids is 1. The van der Waals surface area contributed by atoms with Gasteiger partial charge in [0.2, 0.25) is 0 Å². The molecular weight excluding hydrogens is 272 g/mol. The van der Waals surface area contributed by atoms with E-state index in [9.17, 15) is 13.2 Å². The van der Waals surface area contributed by atoms with Crippen molar-refractivity contribution in [3.8, 4) is 0 Å². The van der Waals surface area contributed by atoms with Crippen molar-refractivity contribution in [3.63, 3.8) is 0 Å². The molecule has 0 bridgehead atoms. The van der Waals surface area contributed by atoms with Crippen molar-refractivity contribution in [3.05, 3.63) is 42.2 Å². The van der Waals surface area contributed by atoms with Gasteiger partial charge < -0.3 is 9.63 Å². The molecule has 0 aliphatic rings. The molecular formula is C11H10N2O5S. The second kappa shape index (κ2) is 5.11. The summed E-state index contributed by atoms with van der Waals surface area (Å²) in [5, 5.41) is 12.1. The summed E-state index contributed by atoms with van der Waals surface area (Å²) in [6.45, 7) is 0. The lowest BCUT2D eigenvalue weighted by Gasteiger charge is -2.05. The van der Waals surface area contributed by atoms with Gasteiger partial charge >= 0.3 is 5.97 Å². The van der Waals surface area contributed by atoms with Gasteiger partial charge in [-0.1, -0.05) is 17.3 Å². The standard InChI is InChI=1S/C11H10N2O5S/c14-11(15)7-8-1-3-9(4-2-8)19(16,17)13-10-5-6-18-12-10/h1-6H,7H2,(H,12,13)(H,14,15). The number of sulfonamides is 1. The third kappa shape index (κ3) is 3.32. The van der Waals surface area contributed by atoms with Gasteiger partial charge in [-0.2, -0.15) is 0 Å². The molecule has 0 atom stereocenters. The molecule has 0 saturated heterocycles. The lowest BCUT2D eigenvalue weighted by Crippen LogP contribution is -2.13. The van der Waals surface area contributed by atoms with Crippen LogP contribution in [0.4, 0.5) is 5.82 Å². The van der Waals surface area contributed by atoms with E-state index < -0.39 is 16.0 Å². The van der Waals surface area contributed by atoms with Crippen LogP contribution in [-0.4, -0.2) is 24.7 Å². The molecule has 2 N–H and O–H groups in total. The number of rotatable bonds is 5. The Kier molecular flexibility index (Phi) is 3.52. The van der Waals surface area contributed by atoms with Crippen molar-refractivity contribution < 1.29 is 22.8 Å². The molecule has 0 aliphatic heterocycles. The molecule has 0 spiro atoms. The van der Waals surface area contributed by atoms with E-state index in [-0.39, 0.29) is 17.1 Å². The first kappa shape index (κ1) is 13.1. The third-order valence-electron chi connectivity index (χ3n) is 2.27. The van der Waals surface area contributed by atoms with Crippen molar-refractivity contribution >= 4 is 21.8 Å². The predicted molar refractivity (Wildman–Crippen MR) is 65.1 cm³/mol. The molecule has 7 nitrogen and oxygen atoms in total. The summed E-state index contributed by atoms with van der Waals surface area (Å²) in [7, 11) is -3.75. The number of hydrogen-bond acceptors (Lipinski definition) is 5. The maximum absolute atomic E-state index is 11.9. The van der Waals surface area contributed by atoms with Gasteiger partial charge in [-0.05, 0) is 17.7 Å². The molecule has 19 heavy (non-hydrogen) atoms.